The lowest BCUT2D eigenvalue weighted by molar-refractivity contribution is 0.0690. The molecule has 1 heterocycles. The summed E-state index contributed by atoms with van der Waals surface area (Å²) in [6.45, 7) is 4.53. The molecule has 2 unspecified atom stereocenters. The standard InChI is InChI=1S/C15H22N2O2/c1-10(2)12-5-3-4-6-13(12)17-11-7-8-16-14(9-11)15(18)19/h7-10,12-13H,3-6H2,1-2H3,(H,16,17)(H,18,19). The predicted molar refractivity (Wildman–Crippen MR) is 75.4 cm³/mol. The second-order valence-corrected chi connectivity index (χ2v) is 5.68. The van der Waals surface area contributed by atoms with E-state index in [0.29, 0.717) is 17.9 Å². The Labute approximate surface area is 114 Å². The van der Waals surface area contributed by atoms with E-state index in [-0.39, 0.29) is 5.69 Å². The van der Waals surface area contributed by atoms with E-state index in [2.05, 4.69) is 24.1 Å². The number of carboxylic acid groups (broad SMARTS) is 1. The van der Waals surface area contributed by atoms with Gasteiger partial charge in [0.25, 0.3) is 0 Å². The summed E-state index contributed by atoms with van der Waals surface area (Å²) >= 11 is 0. The third-order valence-corrected chi connectivity index (χ3v) is 4.01. The van der Waals surface area contributed by atoms with Gasteiger partial charge in [-0.3, -0.25) is 0 Å². The summed E-state index contributed by atoms with van der Waals surface area (Å²) in [6.07, 6.45) is 6.52. The van der Waals surface area contributed by atoms with Crippen LogP contribution in [-0.2, 0) is 0 Å². The lowest BCUT2D eigenvalue weighted by Crippen LogP contribution is -2.35. The zero-order valence-electron chi connectivity index (χ0n) is 11.6. The van der Waals surface area contributed by atoms with Gasteiger partial charge >= 0.3 is 5.97 Å². The number of nitrogens with one attached hydrogen (secondary N) is 1. The van der Waals surface area contributed by atoms with Gasteiger partial charge in [0.1, 0.15) is 5.69 Å². The first-order valence-corrected chi connectivity index (χ1v) is 7.04. The van der Waals surface area contributed by atoms with Crippen LogP contribution in [0.15, 0.2) is 18.3 Å². The van der Waals surface area contributed by atoms with Crippen LogP contribution in [0.4, 0.5) is 5.69 Å². The summed E-state index contributed by atoms with van der Waals surface area (Å²) in [5.74, 6) is 0.335. The molecule has 104 valence electrons. The first-order valence-electron chi connectivity index (χ1n) is 7.04. The fourth-order valence-corrected chi connectivity index (χ4v) is 2.99. The Morgan fingerprint density at radius 2 is 2.16 bits per heavy atom. The normalized spacial score (nSPS) is 23.3. The van der Waals surface area contributed by atoms with Crippen molar-refractivity contribution in [2.24, 2.45) is 11.8 Å². The Morgan fingerprint density at radius 1 is 1.42 bits per heavy atom. The second-order valence-electron chi connectivity index (χ2n) is 5.68. The molecule has 0 aliphatic heterocycles. The number of aromatic carboxylic acids is 1. The van der Waals surface area contributed by atoms with Gasteiger partial charge in [-0.05, 0) is 36.8 Å². The number of carbonyl (C=O) groups is 1. The molecule has 0 aromatic carbocycles. The maximum Gasteiger partial charge on any atom is 0.354 e. The largest absolute Gasteiger partial charge is 0.477 e. The van der Waals surface area contributed by atoms with Gasteiger partial charge in [-0.2, -0.15) is 0 Å². The Bertz CT molecular complexity index is 446. The van der Waals surface area contributed by atoms with Gasteiger partial charge < -0.3 is 10.4 Å². The average Bonchev–Trinajstić information content (AvgIpc) is 2.39. The van der Waals surface area contributed by atoms with Crippen molar-refractivity contribution in [1.82, 2.24) is 4.98 Å². The SMILES string of the molecule is CC(C)C1CCCCC1Nc1ccnc(C(=O)O)c1. The molecule has 4 nitrogen and oxygen atoms in total. The zero-order chi connectivity index (χ0) is 13.8. The summed E-state index contributed by atoms with van der Waals surface area (Å²) in [5.41, 5.74) is 0.965. The van der Waals surface area contributed by atoms with Crippen molar-refractivity contribution in [1.29, 1.82) is 0 Å². The molecule has 1 aliphatic rings. The number of hydrogen-bond acceptors (Lipinski definition) is 3. The quantitative estimate of drug-likeness (QED) is 0.873. The van der Waals surface area contributed by atoms with Crippen LogP contribution < -0.4 is 5.32 Å². The molecule has 2 N–H and O–H groups in total. The molecule has 2 rings (SSSR count). The number of pyridine rings is 1. The molecular weight excluding hydrogens is 240 g/mol. The first kappa shape index (κ1) is 13.8. The number of anilines is 1. The smallest absolute Gasteiger partial charge is 0.354 e. The molecule has 4 heteroatoms. The van der Waals surface area contributed by atoms with Crippen molar-refractivity contribution in [2.45, 2.75) is 45.6 Å². The molecule has 1 fully saturated rings. The monoisotopic (exact) mass is 262 g/mol. The molecule has 0 radical (unpaired) electrons. The van der Waals surface area contributed by atoms with Crippen LogP contribution in [0.2, 0.25) is 0 Å². The van der Waals surface area contributed by atoms with E-state index >= 15 is 0 Å². The van der Waals surface area contributed by atoms with Crippen LogP contribution >= 0.6 is 0 Å². The van der Waals surface area contributed by atoms with Gasteiger partial charge in [0.2, 0.25) is 0 Å². The lowest BCUT2D eigenvalue weighted by Gasteiger charge is -2.35. The third kappa shape index (κ3) is 3.46. The van der Waals surface area contributed by atoms with E-state index in [0.717, 1.165) is 12.1 Å². The van der Waals surface area contributed by atoms with E-state index in [1.54, 1.807) is 12.3 Å². The topological polar surface area (TPSA) is 62.2 Å². The molecule has 1 aromatic heterocycles. The Morgan fingerprint density at radius 3 is 2.84 bits per heavy atom. The van der Waals surface area contributed by atoms with Gasteiger partial charge in [0.15, 0.2) is 0 Å². The summed E-state index contributed by atoms with van der Waals surface area (Å²) in [7, 11) is 0. The molecule has 1 aromatic rings. The molecule has 19 heavy (non-hydrogen) atoms. The molecule has 0 spiro atoms. The lowest BCUT2D eigenvalue weighted by atomic mass is 9.78. The van der Waals surface area contributed by atoms with Crippen molar-refractivity contribution in [3.63, 3.8) is 0 Å². The van der Waals surface area contributed by atoms with Crippen LogP contribution in [0, 0.1) is 11.8 Å². The second kappa shape index (κ2) is 6.04. The minimum absolute atomic E-state index is 0.0990. The molecular formula is C15H22N2O2. The first-order chi connectivity index (χ1) is 9.08. The van der Waals surface area contributed by atoms with Crippen LogP contribution in [0.5, 0.6) is 0 Å². The number of hydrogen-bond donors (Lipinski definition) is 2. The summed E-state index contributed by atoms with van der Waals surface area (Å²) in [4.78, 5) is 14.8. The van der Waals surface area contributed by atoms with E-state index < -0.39 is 5.97 Å². The molecule has 0 amide bonds. The van der Waals surface area contributed by atoms with E-state index in [4.69, 9.17) is 5.11 Å². The van der Waals surface area contributed by atoms with Crippen molar-refractivity contribution in [2.75, 3.05) is 5.32 Å². The van der Waals surface area contributed by atoms with Gasteiger partial charge in [-0.25, -0.2) is 9.78 Å². The molecule has 0 bridgehead atoms. The minimum Gasteiger partial charge on any atom is -0.477 e. The Hall–Kier alpha value is -1.58. The van der Waals surface area contributed by atoms with Gasteiger partial charge in [0.05, 0.1) is 0 Å². The van der Waals surface area contributed by atoms with Crippen molar-refractivity contribution < 1.29 is 9.90 Å². The van der Waals surface area contributed by atoms with Gasteiger partial charge in [-0.15, -0.1) is 0 Å². The maximum absolute atomic E-state index is 10.9. The molecule has 1 saturated carbocycles. The van der Waals surface area contributed by atoms with E-state index in [9.17, 15) is 4.79 Å². The average molecular weight is 262 g/mol. The number of carboxylic acids is 1. The fraction of sp³-hybridized carbons (Fsp3) is 0.600. The summed E-state index contributed by atoms with van der Waals surface area (Å²) in [6, 6.07) is 3.91. The van der Waals surface area contributed by atoms with Gasteiger partial charge in [-0.1, -0.05) is 26.7 Å². The molecule has 2 atom stereocenters. The predicted octanol–water partition coefficient (Wildman–Crippen LogP) is 3.41. The minimum atomic E-state index is -0.979. The van der Waals surface area contributed by atoms with E-state index in [1.165, 1.54) is 19.3 Å². The third-order valence-electron chi connectivity index (χ3n) is 4.01. The van der Waals surface area contributed by atoms with Crippen LogP contribution in [0.1, 0.15) is 50.0 Å². The number of rotatable bonds is 4. The Balaban J connectivity index is 2.10. The molecule has 1 aliphatic carbocycles. The van der Waals surface area contributed by atoms with Crippen LogP contribution in [0.3, 0.4) is 0 Å². The molecule has 0 saturated heterocycles. The highest BCUT2D eigenvalue weighted by Crippen LogP contribution is 2.32. The highest BCUT2D eigenvalue weighted by Gasteiger charge is 2.27. The highest BCUT2D eigenvalue weighted by atomic mass is 16.4. The van der Waals surface area contributed by atoms with Gasteiger partial charge in [0, 0.05) is 17.9 Å². The summed E-state index contributed by atoms with van der Waals surface area (Å²) in [5, 5.41) is 12.5. The highest BCUT2D eigenvalue weighted by molar-refractivity contribution is 5.86. The van der Waals surface area contributed by atoms with Crippen molar-refractivity contribution >= 4 is 11.7 Å². The van der Waals surface area contributed by atoms with Crippen LogP contribution in [0.25, 0.3) is 0 Å². The maximum atomic E-state index is 10.9. The fourth-order valence-electron chi connectivity index (χ4n) is 2.99. The number of aromatic nitrogens is 1. The zero-order valence-corrected chi connectivity index (χ0v) is 11.6. The van der Waals surface area contributed by atoms with Crippen LogP contribution in [-0.4, -0.2) is 22.1 Å². The number of nitrogens with zero attached hydrogens (tertiary/aromatic N) is 1. The summed E-state index contributed by atoms with van der Waals surface area (Å²) < 4.78 is 0. The van der Waals surface area contributed by atoms with Crippen molar-refractivity contribution in [3.05, 3.63) is 24.0 Å². The Kier molecular flexibility index (Phi) is 4.40. The van der Waals surface area contributed by atoms with E-state index in [1.807, 2.05) is 6.07 Å². The van der Waals surface area contributed by atoms with Crippen molar-refractivity contribution in [3.8, 4) is 0 Å².